The summed E-state index contributed by atoms with van der Waals surface area (Å²) >= 11 is 0. The predicted octanol–water partition coefficient (Wildman–Crippen LogP) is 2.24. The Bertz CT molecular complexity index is 177. The van der Waals surface area contributed by atoms with Gasteiger partial charge in [-0.15, -0.1) is 0 Å². The molecule has 3 heteroatoms. The first-order valence-corrected chi connectivity index (χ1v) is 5.65. The Morgan fingerprint density at radius 1 is 1.43 bits per heavy atom. The Hall–Kier alpha value is -0.150. The molecule has 1 aliphatic rings. The molecule has 2 atom stereocenters. The third-order valence-corrected chi connectivity index (χ3v) is 3.31. The van der Waals surface area contributed by atoms with Gasteiger partial charge in [0.25, 0.3) is 0 Å². The first-order chi connectivity index (χ1) is 6.68. The van der Waals surface area contributed by atoms with E-state index in [1.54, 1.807) is 0 Å². The highest BCUT2D eigenvalue weighted by molar-refractivity contribution is 4.98. The molecule has 2 unspecified atom stereocenters. The molecule has 1 heterocycles. The molecule has 0 aromatic rings. The van der Waals surface area contributed by atoms with Crippen molar-refractivity contribution in [3.8, 4) is 0 Å². The van der Waals surface area contributed by atoms with Gasteiger partial charge < -0.3 is 4.74 Å². The molecule has 0 aromatic carbocycles. The van der Waals surface area contributed by atoms with Crippen molar-refractivity contribution in [3.63, 3.8) is 0 Å². The van der Waals surface area contributed by atoms with E-state index in [-0.39, 0.29) is 5.54 Å². The van der Waals surface area contributed by atoms with E-state index < -0.39 is 6.17 Å². The van der Waals surface area contributed by atoms with Gasteiger partial charge >= 0.3 is 0 Å². The second-order valence-electron chi connectivity index (χ2n) is 4.06. The molecule has 0 bridgehead atoms. The van der Waals surface area contributed by atoms with Crippen molar-refractivity contribution in [2.75, 3.05) is 26.3 Å². The lowest BCUT2D eigenvalue weighted by atomic mass is 9.93. The number of nitrogens with zero attached hydrogens (tertiary/aromatic N) is 1. The molecule has 1 aliphatic heterocycles. The first-order valence-electron chi connectivity index (χ1n) is 5.65. The summed E-state index contributed by atoms with van der Waals surface area (Å²) in [5.74, 6) is 0. The summed E-state index contributed by atoms with van der Waals surface area (Å²) < 4.78 is 18.9. The van der Waals surface area contributed by atoms with E-state index in [2.05, 4.69) is 18.7 Å². The van der Waals surface area contributed by atoms with Crippen LogP contribution in [-0.4, -0.2) is 42.9 Å². The number of alkyl halides is 1. The Kier molecular flexibility index (Phi) is 4.32. The average Bonchev–Trinajstić information content (AvgIpc) is 2.52. The fourth-order valence-corrected chi connectivity index (χ4v) is 2.42. The van der Waals surface area contributed by atoms with Gasteiger partial charge in [-0.3, -0.25) is 4.90 Å². The summed E-state index contributed by atoms with van der Waals surface area (Å²) in [4.78, 5) is 2.23. The van der Waals surface area contributed by atoms with E-state index in [9.17, 15) is 4.39 Å². The van der Waals surface area contributed by atoms with Gasteiger partial charge in [0.15, 0.2) is 0 Å². The summed E-state index contributed by atoms with van der Waals surface area (Å²) in [6.45, 7) is 9.10. The minimum absolute atomic E-state index is 0.0375. The van der Waals surface area contributed by atoms with Crippen molar-refractivity contribution in [2.24, 2.45) is 0 Å². The van der Waals surface area contributed by atoms with E-state index in [0.29, 0.717) is 19.6 Å². The van der Waals surface area contributed by atoms with E-state index in [0.717, 1.165) is 19.6 Å². The fourth-order valence-electron chi connectivity index (χ4n) is 2.42. The lowest BCUT2D eigenvalue weighted by Gasteiger charge is -2.36. The molecule has 0 aromatic heterocycles. The highest BCUT2D eigenvalue weighted by atomic mass is 19.1. The van der Waals surface area contributed by atoms with Crippen LogP contribution in [0.15, 0.2) is 0 Å². The molecule has 0 radical (unpaired) electrons. The van der Waals surface area contributed by atoms with Gasteiger partial charge in [-0.05, 0) is 19.9 Å². The second-order valence-corrected chi connectivity index (χ2v) is 4.06. The number of halogens is 1. The summed E-state index contributed by atoms with van der Waals surface area (Å²) in [6.07, 6.45) is 0.939. The van der Waals surface area contributed by atoms with Gasteiger partial charge in [-0.25, -0.2) is 4.39 Å². The zero-order valence-corrected chi connectivity index (χ0v) is 9.55. The SMILES string of the molecule is CCOCC1(CC)CC(F)CN1CC. The zero-order chi connectivity index (χ0) is 10.6. The Labute approximate surface area is 86.4 Å². The first kappa shape index (κ1) is 11.9. The number of ether oxygens (including phenoxy) is 1. The molecule has 1 fully saturated rings. The molecule has 0 amide bonds. The van der Waals surface area contributed by atoms with Crippen LogP contribution in [0, 0.1) is 0 Å². The van der Waals surface area contributed by atoms with Crippen LogP contribution in [0.4, 0.5) is 4.39 Å². The van der Waals surface area contributed by atoms with Crippen LogP contribution < -0.4 is 0 Å². The average molecular weight is 203 g/mol. The van der Waals surface area contributed by atoms with E-state index >= 15 is 0 Å². The van der Waals surface area contributed by atoms with Crippen LogP contribution in [0.1, 0.15) is 33.6 Å². The topological polar surface area (TPSA) is 12.5 Å². The quantitative estimate of drug-likeness (QED) is 0.679. The number of likely N-dealkylation sites (N-methyl/N-ethyl adjacent to an activating group) is 1. The van der Waals surface area contributed by atoms with Gasteiger partial charge in [0.05, 0.1) is 6.61 Å². The Morgan fingerprint density at radius 2 is 2.14 bits per heavy atom. The zero-order valence-electron chi connectivity index (χ0n) is 9.55. The fraction of sp³-hybridized carbons (Fsp3) is 1.00. The van der Waals surface area contributed by atoms with Crippen LogP contribution in [0.25, 0.3) is 0 Å². The summed E-state index contributed by atoms with van der Waals surface area (Å²) in [7, 11) is 0. The van der Waals surface area contributed by atoms with Crippen molar-refractivity contribution >= 4 is 0 Å². The lowest BCUT2D eigenvalue weighted by Crippen LogP contribution is -2.47. The van der Waals surface area contributed by atoms with Gasteiger partial charge in [0, 0.05) is 25.1 Å². The van der Waals surface area contributed by atoms with Crippen LogP contribution in [-0.2, 0) is 4.74 Å². The Balaban J connectivity index is 2.64. The number of likely N-dealkylation sites (tertiary alicyclic amines) is 1. The van der Waals surface area contributed by atoms with Crippen molar-refractivity contribution < 1.29 is 9.13 Å². The molecule has 0 aliphatic carbocycles. The van der Waals surface area contributed by atoms with Gasteiger partial charge in [0.1, 0.15) is 6.17 Å². The normalized spacial score (nSPS) is 33.9. The largest absolute Gasteiger partial charge is 0.380 e. The number of hydrogen-bond acceptors (Lipinski definition) is 2. The number of rotatable bonds is 5. The lowest BCUT2D eigenvalue weighted by molar-refractivity contribution is 0.0187. The monoisotopic (exact) mass is 203 g/mol. The second kappa shape index (κ2) is 5.08. The standard InChI is InChI=1S/C11H22FNO/c1-4-11(9-14-6-3)7-10(12)8-13(11)5-2/h10H,4-9H2,1-3H3. The molecule has 0 saturated carbocycles. The maximum Gasteiger partial charge on any atom is 0.115 e. The maximum absolute atomic E-state index is 13.4. The highest BCUT2D eigenvalue weighted by Gasteiger charge is 2.43. The summed E-state index contributed by atoms with van der Waals surface area (Å²) in [5, 5.41) is 0. The molecular formula is C11H22FNO. The molecule has 0 spiro atoms. The van der Waals surface area contributed by atoms with Crippen LogP contribution in [0.5, 0.6) is 0 Å². The van der Waals surface area contributed by atoms with Gasteiger partial charge in [-0.2, -0.15) is 0 Å². The van der Waals surface area contributed by atoms with E-state index in [1.165, 1.54) is 0 Å². The third-order valence-electron chi connectivity index (χ3n) is 3.31. The molecule has 14 heavy (non-hydrogen) atoms. The number of hydrogen-bond donors (Lipinski definition) is 0. The van der Waals surface area contributed by atoms with Crippen molar-refractivity contribution in [1.29, 1.82) is 0 Å². The van der Waals surface area contributed by atoms with Crippen molar-refractivity contribution in [2.45, 2.75) is 45.3 Å². The van der Waals surface area contributed by atoms with Crippen molar-refractivity contribution in [3.05, 3.63) is 0 Å². The van der Waals surface area contributed by atoms with E-state index in [4.69, 9.17) is 4.74 Å². The summed E-state index contributed by atoms with van der Waals surface area (Å²) in [5.41, 5.74) is -0.0375. The molecule has 2 nitrogen and oxygen atoms in total. The molecule has 1 rings (SSSR count). The van der Waals surface area contributed by atoms with Gasteiger partial charge in [0.2, 0.25) is 0 Å². The predicted molar refractivity (Wildman–Crippen MR) is 56.3 cm³/mol. The van der Waals surface area contributed by atoms with Crippen molar-refractivity contribution in [1.82, 2.24) is 4.90 Å². The molecule has 1 saturated heterocycles. The van der Waals surface area contributed by atoms with Crippen LogP contribution in [0.3, 0.4) is 0 Å². The van der Waals surface area contributed by atoms with Crippen LogP contribution >= 0.6 is 0 Å². The summed E-state index contributed by atoms with van der Waals surface area (Å²) in [6, 6.07) is 0. The molecule has 0 N–H and O–H groups in total. The molecule has 84 valence electrons. The third kappa shape index (κ3) is 2.26. The minimum atomic E-state index is -0.671. The van der Waals surface area contributed by atoms with E-state index in [1.807, 2.05) is 6.92 Å². The minimum Gasteiger partial charge on any atom is -0.380 e. The molecular weight excluding hydrogens is 181 g/mol. The van der Waals surface area contributed by atoms with Gasteiger partial charge in [-0.1, -0.05) is 13.8 Å². The Morgan fingerprint density at radius 3 is 2.64 bits per heavy atom. The maximum atomic E-state index is 13.4. The van der Waals surface area contributed by atoms with Crippen LogP contribution in [0.2, 0.25) is 0 Å². The smallest absolute Gasteiger partial charge is 0.115 e. The highest BCUT2D eigenvalue weighted by Crippen LogP contribution is 2.34.